The maximum Gasteiger partial charge on any atom is 0.254 e. The lowest BCUT2D eigenvalue weighted by atomic mass is 9.78. The summed E-state index contributed by atoms with van der Waals surface area (Å²) in [5.41, 5.74) is 1.19. The van der Waals surface area contributed by atoms with E-state index >= 15 is 0 Å². The van der Waals surface area contributed by atoms with Crippen LogP contribution in [-0.2, 0) is 6.42 Å². The van der Waals surface area contributed by atoms with Crippen molar-refractivity contribution in [1.82, 2.24) is 15.5 Å². The van der Waals surface area contributed by atoms with Gasteiger partial charge in [-0.2, -0.15) is 15.5 Å². The van der Waals surface area contributed by atoms with Gasteiger partial charge in [-0.3, -0.25) is 4.79 Å². The van der Waals surface area contributed by atoms with Gasteiger partial charge in [-0.15, -0.1) is 0 Å². The maximum atomic E-state index is 12.6. The molecule has 2 rings (SSSR count). The van der Waals surface area contributed by atoms with Crippen LogP contribution in [0.2, 0.25) is 0 Å². The van der Waals surface area contributed by atoms with Crippen molar-refractivity contribution in [3.8, 4) is 6.07 Å². The molecule has 1 aromatic rings. The van der Waals surface area contributed by atoms with Gasteiger partial charge < -0.3 is 5.32 Å². The van der Waals surface area contributed by atoms with E-state index in [0.717, 1.165) is 25.7 Å². The highest BCUT2D eigenvalue weighted by Gasteiger charge is 2.36. The van der Waals surface area contributed by atoms with E-state index in [9.17, 15) is 10.1 Å². The second kappa shape index (κ2) is 6.21. The topological polar surface area (TPSA) is 78.7 Å². The van der Waals surface area contributed by atoms with Gasteiger partial charge in [0.25, 0.3) is 5.91 Å². The molecule has 1 aliphatic rings. The van der Waals surface area contributed by atoms with E-state index in [1.165, 1.54) is 0 Å². The molecule has 21 heavy (non-hydrogen) atoms. The van der Waals surface area contributed by atoms with Crippen LogP contribution in [0.4, 0.5) is 0 Å². The van der Waals surface area contributed by atoms with Crippen LogP contribution in [-0.4, -0.2) is 21.6 Å². The Hall–Kier alpha value is -1.96. The number of nitrogens with one attached hydrogen (secondary N) is 1. The standard InChI is InChI=1S/C16H22N4O/c1-4-14-13(9-12(3)19-20-14)15(21)18-16(10-17)7-5-11(2)6-8-16/h9,11H,4-8H2,1-3H3,(H,18,21). The first-order valence-electron chi connectivity index (χ1n) is 7.56. The van der Waals surface area contributed by atoms with E-state index in [1.807, 2.05) is 13.8 Å². The summed E-state index contributed by atoms with van der Waals surface area (Å²) in [6.45, 7) is 5.94. The summed E-state index contributed by atoms with van der Waals surface area (Å²) in [4.78, 5) is 12.6. The molecule has 0 radical (unpaired) electrons. The SMILES string of the molecule is CCc1nnc(C)cc1C(=O)NC1(C#N)CCC(C)CC1. The van der Waals surface area contributed by atoms with Crippen LogP contribution in [0.3, 0.4) is 0 Å². The number of aromatic nitrogens is 2. The van der Waals surface area contributed by atoms with Crippen molar-refractivity contribution in [1.29, 1.82) is 5.26 Å². The first-order chi connectivity index (χ1) is 9.99. The first kappa shape index (κ1) is 15.4. The van der Waals surface area contributed by atoms with Crippen LogP contribution >= 0.6 is 0 Å². The quantitative estimate of drug-likeness (QED) is 0.926. The number of nitrogens with zero attached hydrogens (tertiary/aromatic N) is 3. The zero-order chi connectivity index (χ0) is 15.5. The highest BCUT2D eigenvalue weighted by atomic mass is 16.1. The summed E-state index contributed by atoms with van der Waals surface area (Å²) in [5, 5.41) is 20.5. The summed E-state index contributed by atoms with van der Waals surface area (Å²) in [5.74, 6) is 0.417. The van der Waals surface area contributed by atoms with Gasteiger partial charge in [0.15, 0.2) is 0 Å². The molecule has 0 unspecified atom stereocenters. The smallest absolute Gasteiger partial charge is 0.254 e. The van der Waals surface area contributed by atoms with E-state index in [0.29, 0.717) is 29.3 Å². The average Bonchev–Trinajstić information content (AvgIpc) is 2.49. The zero-order valence-corrected chi connectivity index (χ0v) is 12.9. The molecule has 1 saturated carbocycles. The second-order valence-corrected chi connectivity index (χ2v) is 6.03. The van der Waals surface area contributed by atoms with Gasteiger partial charge in [-0.1, -0.05) is 13.8 Å². The second-order valence-electron chi connectivity index (χ2n) is 6.03. The third kappa shape index (κ3) is 3.38. The summed E-state index contributed by atoms with van der Waals surface area (Å²) in [7, 11) is 0. The van der Waals surface area contributed by atoms with E-state index in [1.54, 1.807) is 6.07 Å². The number of carbonyl (C=O) groups excluding carboxylic acids is 1. The van der Waals surface area contributed by atoms with Gasteiger partial charge in [0.1, 0.15) is 5.54 Å². The van der Waals surface area contributed by atoms with Gasteiger partial charge >= 0.3 is 0 Å². The number of rotatable bonds is 3. The van der Waals surface area contributed by atoms with Crippen LogP contribution in [0.15, 0.2) is 6.07 Å². The molecule has 112 valence electrons. The van der Waals surface area contributed by atoms with Crippen molar-refractivity contribution in [3.63, 3.8) is 0 Å². The number of aryl methyl sites for hydroxylation is 2. The molecule has 1 amide bonds. The van der Waals surface area contributed by atoms with Crippen LogP contribution in [0.25, 0.3) is 0 Å². The average molecular weight is 286 g/mol. The Morgan fingerprint density at radius 1 is 1.48 bits per heavy atom. The predicted octanol–water partition coefficient (Wildman–Crippen LogP) is 2.55. The maximum absolute atomic E-state index is 12.6. The van der Waals surface area contributed by atoms with Crippen LogP contribution in [0, 0.1) is 24.2 Å². The molecule has 0 aromatic carbocycles. The number of carbonyl (C=O) groups is 1. The molecule has 1 fully saturated rings. The monoisotopic (exact) mass is 286 g/mol. The fourth-order valence-corrected chi connectivity index (χ4v) is 2.78. The molecule has 0 spiro atoms. The van der Waals surface area contributed by atoms with E-state index in [-0.39, 0.29) is 5.91 Å². The Balaban J connectivity index is 2.21. The third-order valence-corrected chi connectivity index (χ3v) is 4.27. The molecular formula is C16H22N4O. The van der Waals surface area contributed by atoms with Gasteiger partial charge in [-0.25, -0.2) is 0 Å². The van der Waals surface area contributed by atoms with Crippen molar-refractivity contribution in [3.05, 3.63) is 23.0 Å². The Morgan fingerprint density at radius 3 is 2.71 bits per heavy atom. The van der Waals surface area contributed by atoms with Gasteiger partial charge in [0, 0.05) is 0 Å². The normalized spacial score (nSPS) is 25.1. The van der Waals surface area contributed by atoms with Gasteiger partial charge in [0.2, 0.25) is 0 Å². The van der Waals surface area contributed by atoms with E-state index in [4.69, 9.17) is 0 Å². The van der Waals surface area contributed by atoms with Gasteiger partial charge in [-0.05, 0) is 51.0 Å². The molecule has 1 heterocycles. The van der Waals surface area contributed by atoms with Crippen LogP contribution in [0.5, 0.6) is 0 Å². The number of nitriles is 1. The fraction of sp³-hybridized carbons (Fsp3) is 0.625. The molecule has 0 atom stereocenters. The molecule has 0 saturated heterocycles. The Bertz CT molecular complexity index is 568. The van der Waals surface area contributed by atoms with Crippen molar-refractivity contribution < 1.29 is 4.79 Å². The molecular weight excluding hydrogens is 264 g/mol. The first-order valence-corrected chi connectivity index (χ1v) is 7.56. The summed E-state index contributed by atoms with van der Waals surface area (Å²) in [6, 6.07) is 4.07. The zero-order valence-electron chi connectivity index (χ0n) is 12.9. The van der Waals surface area contributed by atoms with Crippen molar-refractivity contribution in [2.45, 2.75) is 58.4 Å². The number of amides is 1. The fourth-order valence-electron chi connectivity index (χ4n) is 2.78. The molecule has 5 heteroatoms. The lowest BCUT2D eigenvalue weighted by Crippen LogP contribution is -2.49. The molecule has 0 aliphatic heterocycles. The van der Waals surface area contributed by atoms with E-state index in [2.05, 4.69) is 28.5 Å². The highest BCUT2D eigenvalue weighted by molar-refractivity contribution is 5.96. The van der Waals surface area contributed by atoms with E-state index < -0.39 is 5.54 Å². The lowest BCUT2D eigenvalue weighted by molar-refractivity contribution is 0.0892. The minimum absolute atomic E-state index is 0.207. The lowest BCUT2D eigenvalue weighted by Gasteiger charge is -2.34. The Labute approximate surface area is 125 Å². The minimum atomic E-state index is -0.730. The summed E-state index contributed by atoms with van der Waals surface area (Å²) in [6.07, 6.45) is 4.03. The third-order valence-electron chi connectivity index (χ3n) is 4.27. The predicted molar refractivity (Wildman–Crippen MR) is 79.6 cm³/mol. The highest BCUT2D eigenvalue weighted by Crippen LogP contribution is 2.31. The molecule has 1 aromatic heterocycles. The van der Waals surface area contributed by atoms with Crippen LogP contribution < -0.4 is 5.32 Å². The van der Waals surface area contributed by atoms with Crippen LogP contribution in [0.1, 0.15) is 61.3 Å². The molecule has 5 nitrogen and oxygen atoms in total. The Kier molecular flexibility index (Phi) is 4.56. The van der Waals surface area contributed by atoms with Crippen molar-refractivity contribution in [2.75, 3.05) is 0 Å². The minimum Gasteiger partial charge on any atom is -0.334 e. The number of hydrogen-bond donors (Lipinski definition) is 1. The largest absolute Gasteiger partial charge is 0.334 e. The molecule has 1 N–H and O–H groups in total. The van der Waals surface area contributed by atoms with Gasteiger partial charge in [0.05, 0.1) is 23.0 Å². The Morgan fingerprint density at radius 2 is 2.14 bits per heavy atom. The molecule has 1 aliphatic carbocycles. The molecule has 0 bridgehead atoms. The summed E-state index contributed by atoms with van der Waals surface area (Å²) < 4.78 is 0. The van der Waals surface area contributed by atoms with Crippen molar-refractivity contribution >= 4 is 5.91 Å². The van der Waals surface area contributed by atoms with Crippen molar-refractivity contribution in [2.24, 2.45) is 5.92 Å². The number of hydrogen-bond acceptors (Lipinski definition) is 4. The summed E-state index contributed by atoms with van der Waals surface area (Å²) >= 11 is 0.